The molecular weight excluding hydrogens is 174 g/mol. The van der Waals surface area contributed by atoms with Crippen LogP contribution in [0.3, 0.4) is 0 Å². The van der Waals surface area contributed by atoms with Gasteiger partial charge in [0.2, 0.25) is 0 Å². The van der Waals surface area contributed by atoms with Gasteiger partial charge in [-0.2, -0.15) is 0 Å². The first-order valence-electron chi connectivity index (χ1n) is 5.38. The van der Waals surface area contributed by atoms with Crippen molar-refractivity contribution in [3.05, 3.63) is 22.9 Å². The summed E-state index contributed by atoms with van der Waals surface area (Å²) in [6, 6.07) is 0. The SMILES string of the molecule is CC(=O)C1=C2NCCCC2=CCC1C. The minimum Gasteiger partial charge on any atom is -0.384 e. The topological polar surface area (TPSA) is 29.1 Å². The largest absolute Gasteiger partial charge is 0.384 e. The zero-order valence-electron chi connectivity index (χ0n) is 8.89. The zero-order chi connectivity index (χ0) is 10.1. The summed E-state index contributed by atoms with van der Waals surface area (Å²) in [5.74, 6) is 0.615. The molecule has 0 radical (unpaired) electrons. The van der Waals surface area contributed by atoms with Gasteiger partial charge in [0.05, 0.1) is 0 Å². The molecule has 14 heavy (non-hydrogen) atoms. The molecule has 0 saturated carbocycles. The van der Waals surface area contributed by atoms with Crippen LogP contribution in [0, 0.1) is 5.92 Å². The molecule has 0 amide bonds. The molecule has 1 fully saturated rings. The molecule has 2 aliphatic rings. The molecule has 1 aliphatic carbocycles. The van der Waals surface area contributed by atoms with Gasteiger partial charge in [-0.05, 0) is 37.7 Å². The van der Waals surface area contributed by atoms with Gasteiger partial charge in [-0.15, -0.1) is 0 Å². The second-order valence-corrected chi connectivity index (χ2v) is 4.24. The van der Waals surface area contributed by atoms with E-state index in [1.165, 1.54) is 12.0 Å². The van der Waals surface area contributed by atoms with Crippen molar-refractivity contribution in [1.82, 2.24) is 5.32 Å². The highest BCUT2D eigenvalue weighted by atomic mass is 16.1. The third-order valence-corrected chi connectivity index (χ3v) is 3.11. The molecule has 1 atom stereocenters. The van der Waals surface area contributed by atoms with Crippen LogP contribution in [-0.2, 0) is 4.79 Å². The van der Waals surface area contributed by atoms with Gasteiger partial charge in [0.1, 0.15) is 0 Å². The molecule has 0 spiro atoms. The summed E-state index contributed by atoms with van der Waals surface area (Å²) in [6.45, 7) is 4.82. The Morgan fingerprint density at radius 3 is 3.07 bits per heavy atom. The molecule has 2 rings (SSSR count). The van der Waals surface area contributed by atoms with Gasteiger partial charge in [-0.1, -0.05) is 13.0 Å². The summed E-state index contributed by atoms with van der Waals surface area (Å²) < 4.78 is 0. The Morgan fingerprint density at radius 2 is 2.36 bits per heavy atom. The van der Waals surface area contributed by atoms with Gasteiger partial charge in [-0.25, -0.2) is 0 Å². The fraction of sp³-hybridized carbons (Fsp3) is 0.583. The highest BCUT2D eigenvalue weighted by molar-refractivity contribution is 5.95. The maximum absolute atomic E-state index is 11.5. The summed E-state index contributed by atoms with van der Waals surface area (Å²) in [6.07, 6.45) is 5.63. The van der Waals surface area contributed by atoms with Crippen LogP contribution in [0.1, 0.15) is 33.1 Å². The second-order valence-electron chi connectivity index (χ2n) is 4.24. The van der Waals surface area contributed by atoms with E-state index < -0.39 is 0 Å². The summed E-state index contributed by atoms with van der Waals surface area (Å²) in [4.78, 5) is 11.5. The van der Waals surface area contributed by atoms with Crippen molar-refractivity contribution >= 4 is 5.78 Å². The van der Waals surface area contributed by atoms with E-state index in [-0.39, 0.29) is 5.78 Å². The van der Waals surface area contributed by atoms with Crippen LogP contribution in [0.2, 0.25) is 0 Å². The lowest BCUT2D eigenvalue weighted by molar-refractivity contribution is -0.114. The number of ketones is 1. The van der Waals surface area contributed by atoms with Crippen LogP contribution in [0.25, 0.3) is 0 Å². The van der Waals surface area contributed by atoms with Crippen molar-refractivity contribution in [3.63, 3.8) is 0 Å². The third-order valence-electron chi connectivity index (χ3n) is 3.11. The number of allylic oxidation sites excluding steroid dienone is 3. The van der Waals surface area contributed by atoms with Crippen LogP contribution in [0.4, 0.5) is 0 Å². The molecule has 0 aromatic carbocycles. The van der Waals surface area contributed by atoms with E-state index >= 15 is 0 Å². The van der Waals surface area contributed by atoms with Crippen LogP contribution < -0.4 is 5.32 Å². The molecule has 1 aliphatic heterocycles. The molecule has 1 heterocycles. The number of carbonyl (C=O) groups is 1. The molecular formula is C12H17NO. The number of carbonyl (C=O) groups excluding carboxylic acids is 1. The van der Waals surface area contributed by atoms with Gasteiger partial charge in [0.25, 0.3) is 0 Å². The average Bonchev–Trinajstić information content (AvgIpc) is 2.17. The predicted octanol–water partition coefficient (Wildman–Crippen LogP) is 2.18. The van der Waals surface area contributed by atoms with E-state index in [1.54, 1.807) is 6.92 Å². The molecule has 1 saturated heterocycles. The Labute approximate surface area is 85.1 Å². The molecule has 76 valence electrons. The van der Waals surface area contributed by atoms with Crippen molar-refractivity contribution in [1.29, 1.82) is 0 Å². The molecule has 1 unspecified atom stereocenters. The minimum atomic E-state index is 0.229. The lowest BCUT2D eigenvalue weighted by Crippen LogP contribution is -2.29. The second kappa shape index (κ2) is 3.60. The van der Waals surface area contributed by atoms with Crippen molar-refractivity contribution in [3.8, 4) is 0 Å². The maximum atomic E-state index is 11.5. The van der Waals surface area contributed by atoms with Crippen LogP contribution in [0.5, 0.6) is 0 Å². The number of rotatable bonds is 1. The number of hydrogen-bond donors (Lipinski definition) is 1. The summed E-state index contributed by atoms with van der Waals surface area (Å²) in [5.41, 5.74) is 3.52. The zero-order valence-corrected chi connectivity index (χ0v) is 8.89. The summed E-state index contributed by atoms with van der Waals surface area (Å²) in [5, 5.41) is 3.37. The quantitative estimate of drug-likeness (QED) is 0.688. The molecule has 2 heteroatoms. The van der Waals surface area contributed by atoms with Gasteiger partial charge in [0, 0.05) is 17.8 Å². The van der Waals surface area contributed by atoms with Gasteiger partial charge in [0.15, 0.2) is 5.78 Å². The minimum absolute atomic E-state index is 0.229. The van der Waals surface area contributed by atoms with Crippen LogP contribution in [0.15, 0.2) is 22.9 Å². The fourth-order valence-corrected chi connectivity index (χ4v) is 2.41. The lowest BCUT2D eigenvalue weighted by atomic mass is 9.82. The van der Waals surface area contributed by atoms with Crippen molar-refractivity contribution < 1.29 is 4.79 Å². The van der Waals surface area contributed by atoms with E-state index in [1.807, 2.05) is 0 Å². The monoisotopic (exact) mass is 191 g/mol. The normalized spacial score (nSPS) is 26.4. The average molecular weight is 191 g/mol. The standard InChI is InChI=1S/C12H17NO/c1-8-5-6-10-4-3-7-13-12(10)11(8)9(2)14/h6,8,13H,3-5,7H2,1-2H3. The number of nitrogens with one attached hydrogen (secondary N) is 1. The van der Waals surface area contributed by atoms with E-state index in [0.29, 0.717) is 5.92 Å². The van der Waals surface area contributed by atoms with E-state index in [2.05, 4.69) is 18.3 Å². The number of fused-ring (bicyclic) bond motifs is 1. The van der Waals surface area contributed by atoms with Gasteiger partial charge < -0.3 is 5.32 Å². The Morgan fingerprint density at radius 1 is 1.57 bits per heavy atom. The highest BCUT2D eigenvalue weighted by Gasteiger charge is 2.25. The Hall–Kier alpha value is -1.05. The first-order chi connectivity index (χ1) is 6.70. The highest BCUT2D eigenvalue weighted by Crippen LogP contribution is 2.32. The predicted molar refractivity (Wildman–Crippen MR) is 56.8 cm³/mol. The Kier molecular flexibility index (Phi) is 2.44. The number of piperidine rings is 1. The van der Waals surface area contributed by atoms with Crippen LogP contribution in [-0.4, -0.2) is 12.3 Å². The molecule has 2 nitrogen and oxygen atoms in total. The van der Waals surface area contributed by atoms with E-state index in [9.17, 15) is 4.79 Å². The molecule has 0 aromatic rings. The molecule has 0 bridgehead atoms. The van der Waals surface area contributed by atoms with Crippen molar-refractivity contribution in [2.45, 2.75) is 33.1 Å². The summed E-state index contributed by atoms with van der Waals surface area (Å²) in [7, 11) is 0. The van der Waals surface area contributed by atoms with Crippen molar-refractivity contribution in [2.24, 2.45) is 5.92 Å². The van der Waals surface area contributed by atoms with Gasteiger partial charge in [-0.3, -0.25) is 4.79 Å². The third kappa shape index (κ3) is 1.49. The Balaban J connectivity index is 2.41. The van der Waals surface area contributed by atoms with E-state index in [4.69, 9.17) is 0 Å². The maximum Gasteiger partial charge on any atom is 0.158 e. The summed E-state index contributed by atoms with van der Waals surface area (Å²) >= 11 is 0. The number of Topliss-reactive ketones (excluding diaryl/α,β-unsaturated/α-hetero) is 1. The fourth-order valence-electron chi connectivity index (χ4n) is 2.41. The smallest absolute Gasteiger partial charge is 0.158 e. The first-order valence-corrected chi connectivity index (χ1v) is 5.38. The molecule has 0 aromatic heterocycles. The Bertz CT molecular complexity index is 325. The van der Waals surface area contributed by atoms with Crippen LogP contribution >= 0.6 is 0 Å². The molecule has 1 N–H and O–H groups in total. The van der Waals surface area contributed by atoms with E-state index in [0.717, 1.165) is 30.7 Å². The first kappa shape index (κ1) is 9.50. The van der Waals surface area contributed by atoms with Gasteiger partial charge >= 0.3 is 0 Å². The lowest BCUT2D eigenvalue weighted by Gasteiger charge is -2.29. The van der Waals surface area contributed by atoms with Crippen molar-refractivity contribution in [2.75, 3.05) is 6.54 Å². The number of hydrogen-bond acceptors (Lipinski definition) is 2.